The molecule has 2 N–H and O–H groups in total. The number of ether oxygens (including phenoxy) is 1. The van der Waals surface area contributed by atoms with Gasteiger partial charge in [0, 0.05) is 18.6 Å². The number of nitriles is 1. The number of nitrogens with one attached hydrogen (secondary N) is 2. The molecule has 3 atom stereocenters. The van der Waals surface area contributed by atoms with Crippen LogP contribution in [0.4, 0.5) is 4.79 Å². The third kappa shape index (κ3) is 5.93. The van der Waals surface area contributed by atoms with Crippen molar-refractivity contribution in [2.24, 2.45) is 5.92 Å². The van der Waals surface area contributed by atoms with E-state index in [1.165, 1.54) is 0 Å². The Hall–Kier alpha value is -1.28. The van der Waals surface area contributed by atoms with E-state index in [0.717, 1.165) is 19.3 Å². The molecule has 1 saturated carbocycles. The molecule has 5 heteroatoms. The van der Waals surface area contributed by atoms with Gasteiger partial charge in [-0.3, -0.25) is 0 Å². The highest BCUT2D eigenvalue weighted by atomic mass is 16.6. The monoisotopic (exact) mass is 267 g/mol. The van der Waals surface area contributed by atoms with E-state index in [4.69, 9.17) is 10.00 Å². The summed E-state index contributed by atoms with van der Waals surface area (Å²) in [6.45, 7) is 8.02. The lowest BCUT2D eigenvalue weighted by atomic mass is 10.1. The van der Waals surface area contributed by atoms with E-state index in [1.54, 1.807) is 0 Å². The van der Waals surface area contributed by atoms with Gasteiger partial charge in [0.1, 0.15) is 5.60 Å². The molecule has 1 fully saturated rings. The first-order valence-corrected chi connectivity index (χ1v) is 6.94. The van der Waals surface area contributed by atoms with Crippen LogP contribution < -0.4 is 10.6 Å². The van der Waals surface area contributed by atoms with Gasteiger partial charge in [0.25, 0.3) is 0 Å². The molecule has 0 heterocycles. The van der Waals surface area contributed by atoms with Crippen LogP contribution in [-0.4, -0.2) is 30.3 Å². The summed E-state index contributed by atoms with van der Waals surface area (Å²) < 4.78 is 5.17. The summed E-state index contributed by atoms with van der Waals surface area (Å²) in [6.07, 6.45) is 2.71. The van der Waals surface area contributed by atoms with Gasteiger partial charge in [-0.2, -0.15) is 5.26 Å². The highest BCUT2D eigenvalue weighted by Gasteiger charge is 2.28. The Balaban J connectivity index is 2.26. The molecule has 0 aromatic rings. The number of carbonyl (C=O) groups is 1. The second kappa shape index (κ2) is 6.76. The van der Waals surface area contributed by atoms with Crippen LogP contribution in [-0.2, 0) is 4.74 Å². The number of carbonyl (C=O) groups excluding carboxylic acids is 1. The van der Waals surface area contributed by atoms with Crippen LogP contribution in [0, 0.1) is 17.2 Å². The Morgan fingerprint density at radius 3 is 2.74 bits per heavy atom. The maximum Gasteiger partial charge on any atom is 0.407 e. The van der Waals surface area contributed by atoms with Crippen LogP contribution in [0.15, 0.2) is 0 Å². The van der Waals surface area contributed by atoms with E-state index >= 15 is 0 Å². The molecule has 0 radical (unpaired) electrons. The van der Waals surface area contributed by atoms with Gasteiger partial charge in [0.05, 0.1) is 12.0 Å². The molecule has 19 heavy (non-hydrogen) atoms. The smallest absolute Gasteiger partial charge is 0.407 e. The predicted octanol–water partition coefficient (Wildman–Crippen LogP) is 2.18. The number of nitrogens with zero attached hydrogens (tertiary/aromatic N) is 1. The zero-order valence-electron chi connectivity index (χ0n) is 12.3. The standard InChI is InChI=1S/C14H25N3O2/c1-10(9-16-13(18)19-14(2,3)4)17-12-7-5-6-11(12)8-15/h10-12,17H,5-7,9H2,1-4H3,(H,16,18). The zero-order chi connectivity index (χ0) is 14.5. The van der Waals surface area contributed by atoms with Gasteiger partial charge in [-0.05, 0) is 40.5 Å². The summed E-state index contributed by atoms with van der Waals surface area (Å²) >= 11 is 0. The lowest BCUT2D eigenvalue weighted by Gasteiger charge is -2.23. The first-order chi connectivity index (χ1) is 8.81. The zero-order valence-corrected chi connectivity index (χ0v) is 12.3. The molecule has 108 valence electrons. The molecule has 0 aromatic heterocycles. The minimum Gasteiger partial charge on any atom is -0.444 e. The Bertz CT molecular complexity index is 344. The van der Waals surface area contributed by atoms with Crippen LogP contribution in [0.2, 0.25) is 0 Å². The summed E-state index contributed by atoms with van der Waals surface area (Å²) in [5.74, 6) is 0.101. The summed E-state index contributed by atoms with van der Waals surface area (Å²) in [7, 11) is 0. The topological polar surface area (TPSA) is 74.2 Å². The molecule has 0 saturated heterocycles. The number of hydrogen-bond acceptors (Lipinski definition) is 4. The molecule has 1 aliphatic carbocycles. The molecule has 1 aliphatic rings. The fourth-order valence-corrected chi connectivity index (χ4v) is 2.29. The third-order valence-electron chi connectivity index (χ3n) is 3.13. The van der Waals surface area contributed by atoms with Crippen molar-refractivity contribution in [2.75, 3.05) is 6.54 Å². The summed E-state index contributed by atoms with van der Waals surface area (Å²) in [5, 5.41) is 15.2. The quantitative estimate of drug-likeness (QED) is 0.818. The highest BCUT2D eigenvalue weighted by molar-refractivity contribution is 5.67. The van der Waals surface area contributed by atoms with Gasteiger partial charge < -0.3 is 15.4 Å². The largest absolute Gasteiger partial charge is 0.444 e. The van der Waals surface area contributed by atoms with E-state index in [1.807, 2.05) is 27.7 Å². The van der Waals surface area contributed by atoms with Crippen molar-refractivity contribution < 1.29 is 9.53 Å². The Labute approximate surface area is 115 Å². The summed E-state index contributed by atoms with van der Waals surface area (Å²) in [4.78, 5) is 11.5. The van der Waals surface area contributed by atoms with Gasteiger partial charge in [0.15, 0.2) is 0 Å². The van der Waals surface area contributed by atoms with Gasteiger partial charge in [-0.25, -0.2) is 4.79 Å². The van der Waals surface area contributed by atoms with Crippen LogP contribution in [0.1, 0.15) is 47.0 Å². The SMILES string of the molecule is CC(CNC(=O)OC(C)(C)C)NC1CCCC1C#N. The van der Waals surface area contributed by atoms with Crippen molar-refractivity contribution in [3.63, 3.8) is 0 Å². The Kier molecular flexibility index (Phi) is 5.61. The molecule has 3 unspecified atom stereocenters. The molecular weight excluding hydrogens is 242 g/mol. The Morgan fingerprint density at radius 2 is 2.16 bits per heavy atom. The minimum absolute atomic E-state index is 0.101. The number of alkyl carbamates (subject to hydrolysis) is 1. The van der Waals surface area contributed by atoms with E-state index < -0.39 is 11.7 Å². The van der Waals surface area contributed by atoms with E-state index in [-0.39, 0.29) is 18.0 Å². The normalized spacial score (nSPS) is 24.6. The number of amides is 1. The first kappa shape index (κ1) is 15.8. The van der Waals surface area contributed by atoms with Crippen LogP contribution in [0.25, 0.3) is 0 Å². The van der Waals surface area contributed by atoms with Crippen molar-refractivity contribution in [2.45, 2.75) is 64.6 Å². The fourth-order valence-electron chi connectivity index (χ4n) is 2.29. The second-order valence-electron chi connectivity index (χ2n) is 6.22. The van der Waals surface area contributed by atoms with Crippen LogP contribution in [0.5, 0.6) is 0 Å². The molecule has 0 aliphatic heterocycles. The maximum atomic E-state index is 11.5. The summed E-state index contributed by atoms with van der Waals surface area (Å²) in [5.41, 5.74) is -0.474. The van der Waals surface area contributed by atoms with Crippen LogP contribution >= 0.6 is 0 Å². The lowest BCUT2D eigenvalue weighted by molar-refractivity contribution is 0.0522. The van der Waals surface area contributed by atoms with Gasteiger partial charge in [0.2, 0.25) is 0 Å². The molecule has 0 bridgehead atoms. The van der Waals surface area contributed by atoms with Gasteiger partial charge in [-0.15, -0.1) is 0 Å². The van der Waals surface area contributed by atoms with Crippen LogP contribution in [0.3, 0.4) is 0 Å². The highest BCUT2D eigenvalue weighted by Crippen LogP contribution is 2.25. The van der Waals surface area contributed by atoms with E-state index in [9.17, 15) is 4.79 Å². The number of hydrogen-bond donors (Lipinski definition) is 2. The van der Waals surface area contributed by atoms with Crippen molar-refractivity contribution in [3.8, 4) is 6.07 Å². The lowest BCUT2D eigenvalue weighted by Crippen LogP contribution is -2.45. The first-order valence-electron chi connectivity index (χ1n) is 6.94. The molecular formula is C14H25N3O2. The predicted molar refractivity (Wildman–Crippen MR) is 73.6 cm³/mol. The van der Waals surface area contributed by atoms with Crippen molar-refractivity contribution in [1.82, 2.24) is 10.6 Å². The average Bonchev–Trinajstić information content (AvgIpc) is 2.71. The minimum atomic E-state index is -0.474. The van der Waals surface area contributed by atoms with Gasteiger partial charge >= 0.3 is 6.09 Å². The second-order valence-corrected chi connectivity index (χ2v) is 6.22. The molecule has 1 rings (SSSR count). The third-order valence-corrected chi connectivity index (χ3v) is 3.13. The van der Waals surface area contributed by atoms with E-state index in [0.29, 0.717) is 6.54 Å². The van der Waals surface area contributed by atoms with Crippen molar-refractivity contribution >= 4 is 6.09 Å². The maximum absolute atomic E-state index is 11.5. The average molecular weight is 267 g/mol. The van der Waals surface area contributed by atoms with Crippen molar-refractivity contribution in [1.29, 1.82) is 5.26 Å². The fraction of sp³-hybridized carbons (Fsp3) is 0.857. The van der Waals surface area contributed by atoms with E-state index in [2.05, 4.69) is 16.7 Å². The molecule has 0 aromatic carbocycles. The van der Waals surface area contributed by atoms with Gasteiger partial charge in [-0.1, -0.05) is 6.42 Å². The molecule has 5 nitrogen and oxygen atoms in total. The Morgan fingerprint density at radius 1 is 1.47 bits per heavy atom. The van der Waals surface area contributed by atoms with Crippen molar-refractivity contribution in [3.05, 3.63) is 0 Å². The molecule has 1 amide bonds. The molecule has 0 spiro atoms. The summed E-state index contributed by atoms with van der Waals surface area (Å²) in [6, 6.07) is 2.72. The number of rotatable bonds is 4.